The van der Waals surface area contributed by atoms with Crippen LogP contribution < -0.4 is 9.62 Å². The lowest BCUT2D eigenvalue weighted by Crippen LogP contribution is -2.53. The Hall–Kier alpha value is -3.72. The Bertz CT molecular complexity index is 1380. The number of benzene rings is 3. The number of hydrogen-bond donors (Lipinski definition) is 1. The Morgan fingerprint density at radius 1 is 0.897 bits per heavy atom. The van der Waals surface area contributed by atoms with Crippen LogP contribution in [-0.2, 0) is 26.2 Å². The number of carbonyl (C=O) groups is 2. The number of anilines is 1. The molecule has 0 fully saturated rings. The van der Waals surface area contributed by atoms with Gasteiger partial charge in [-0.15, -0.1) is 0 Å². The van der Waals surface area contributed by atoms with Gasteiger partial charge >= 0.3 is 0 Å². The quantitative estimate of drug-likeness (QED) is 0.340. The van der Waals surface area contributed by atoms with Crippen LogP contribution in [0.2, 0.25) is 0 Å². The van der Waals surface area contributed by atoms with Gasteiger partial charge in [0.05, 0.1) is 10.6 Å². The van der Waals surface area contributed by atoms with Crippen molar-refractivity contribution in [2.45, 2.75) is 64.1 Å². The van der Waals surface area contributed by atoms with Crippen molar-refractivity contribution >= 4 is 27.5 Å². The maximum absolute atomic E-state index is 15.0. The van der Waals surface area contributed by atoms with Crippen LogP contribution in [0.5, 0.6) is 0 Å². The van der Waals surface area contributed by atoms with E-state index in [1.54, 1.807) is 25.1 Å². The summed E-state index contributed by atoms with van der Waals surface area (Å²) in [5, 5.41) is 2.94. The molecule has 2 atom stereocenters. The molecule has 2 amide bonds. The molecule has 0 aliphatic heterocycles. The van der Waals surface area contributed by atoms with Crippen LogP contribution in [0.1, 0.15) is 44.7 Å². The van der Waals surface area contributed by atoms with Gasteiger partial charge in [-0.25, -0.2) is 12.8 Å². The molecule has 1 N–H and O–H groups in total. The van der Waals surface area contributed by atoms with Crippen LogP contribution >= 0.6 is 0 Å². The van der Waals surface area contributed by atoms with Gasteiger partial charge in [-0.05, 0) is 62.1 Å². The molecular formula is C30H36FN3O4S. The fraction of sp³-hybridized carbons (Fsp3) is 0.333. The van der Waals surface area contributed by atoms with Crippen molar-refractivity contribution in [3.63, 3.8) is 0 Å². The number of nitrogens with zero attached hydrogens (tertiary/aromatic N) is 2. The van der Waals surface area contributed by atoms with Gasteiger partial charge in [0.15, 0.2) is 0 Å². The highest BCUT2D eigenvalue weighted by molar-refractivity contribution is 7.92. The maximum Gasteiger partial charge on any atom is 0.264 e. The summed E-state index contributed by atoms with van der Waals surface area (Å²) in [6.07, 6.45) is 1.02. The van der Waals surface area contributed by atoms with Crippen molar-refractivity contribution in [3.8, 4) is 0 Å². The molecule has 7 nitrogen and oxygen atoms in total. The summed E-state index contributed by atoms with van der Waals surface area (Å²) in [5.74, 6) is -1.72. The molecule has 0 aliphatic carbocycles. The second-order valence-electron chi connectivity index (χ2n) is 9.47. The van der Waals surface area contributed by atoms with Crippen molar-refractivity contribution in [1.29, 1.82) is 0 Å². The van der Waals surface area contributed by atoms with E-state index in [9.17, 15) is 22.4 Å². The average Bonchev–Trinajstić information content (AvgIpc) is 2.93. The van der Waals surface area contributed by atoms with E-state index < -0.39 is 34.3 Å². The lowest BCUT2D eigenvalue weighted by atomic mass is 10.1. The molecule has 0 aromatic heterocycles. The highest BCUT2D eigenvalue weighted by Crippen LogP contribution is 2.27. The van der Waals surface area contributed by atoms with E-state index >= 15 is 0 Å². The predicted octanol–water partition coefficient (Wildman–Crippen LogP) is 5.05. The van der Waals surface area contributed by atoms with E-state index in [4.69, 9.17) is 0 Å². The average molecular weight is 554 g/mol. The van der Waals surface area contributed by atoms with Crippen LogP contribution in [0, 0.1) is 12.7 Å². The fourth-order valence-electron chi connectivity index (χ4n) is 4.22. The summed E-state index contributed by atoms with van der Waals surface area (Å²) in [7, 11) is -4.32. The molecule has 0 saturated heterocycles. The standard InChI is InChI=1S/C30H36FN3O4S/c1-5-23(4)32-30(36)27(6-2)33(20-24-15-11-10-14-22(24)3)29(35)21-34(28-19-13-12-18-26(28)31)39(37,38)25-16-8-7-9-17-25/h7-19,23,27H,5-6,20-21H2,1-4H3,(H,32,36)/t23-,27+/m1/s1. The first kappa shape index (κ1) is 29.8. The Morgan fingerprint density at radius 3 is 2.13 bits per heavy atom. The van der Waals surface area contributed by atoms with Crippen LogP contribution in [0.15, 0.2) is 83.8 Å². The van der Waals surface area contributed by atoms with Gasteiger partial charge in [0.1, 0.15) is 18.4 Å². The maximum atomic E-state index is 15.0. The summed E-state index contributed by atoms with van der Waals surface area (Å²) in [6.45, 7) is 6.94. The molecule has 9 heteroatoms. The van der Waals surface area contributed by atoms with Crippen molar-refractivity contribution in [3.05, 3.63) is 95.8 Å². The Kier molecular flexibility index (Phi) is 10.2. The molecular weight excluding hydrogens is 517 g/mol. The summed E-state index contributed by atoms with van der Waals surface area (Å²) in [4.78, 5) is 28.6. The topological polar surface area (TPSA) is 86.8 Å². The lowest BCUT2D eigenvalue weighted by Gasteiger charge is -2.34. The van der Waals surface area contributed by atoms with E-state index in [1.807, 2.05) is 45.0 Å². The fourth-order valence-corrected chi connectivity index (χ4v) is 5.66. The van der Waals surface area contributed by atoms with E-state index in [1.165, 1.54) is 35.2 Å². The zero-order chi connectivity index (χ0) is 28.6. The van der Waals surface area contributed by atoms with E-state index in [0.717, 1.165) is 21.5 Å². The highest BCUT2D eigenvalue weighted by atomic mass is 32.2. The number of hydrogen-bond acceptors (Lipinski definition) is 4. The van der Waals surface area contributed by atoms with Crippen LogP contribution in [-0.4, -0.2) is 43.8 Å². The molecule has 0 saturated carbocycles. The summed E-state index contributed by atoms with van der Waals surface area (Å²) in [5.41, 5.74) is 1.50. The van der Waals surface area contributed by atoms with Crippen LogP contribution in [0.25, 0.3) is 0 Å². The molecule has 0 bridgehead atoms. The van der Waals surface area contributed by atoms with E-state index in [-0.39, 0.29) is 29.1 Å². The first-order valence-electron chi connectivity index (χ1n) is 13.1. The van der Waals surface area contributed by atoms with Gasteiger partial charge in [-0.2, -0.15) is 0 Å². The smallest absolute Gasteiger partial charge is 0.264 e. The third-order valence-corrected chi connectivity index (χ3v) is 8.49. The van der Waals surface area contributed by atoms with E-state index in [2.05, 4.69) is 5.32 Å². The first-order chi connectivity index (χ1) is 18.6. The highest BCUT2D eigenvalue weighted by Gasteiger charge is 2.34. The Morgan fingerprint density at radius 2 is 1.51 bits per heavy atom. The van der Waals surface area contributed by atoms with E-state index in [0.29, 0.717) is 12.8 Å². The molecule has 0 spiro atoms. The number of amides is 2. The van der Waals surface area contributed by atoms with Crippen LogP contribution in [0.4, 0.5) is 10.1 Å². The van der Waals surface area contributed by atoms with Crippen molar-refractivity contribution < 1.29 is 22.4 Å². The normalized spacial score (nSPS) is 12.8. The van der Waals surface area contributed by atoms with Gasteiger partial charge in [-0.1, -0.05) is 68.4 Å². The summed E-state index contributed by atoms with van der Waals surface area (Å²) in [6, 6.07) is 19.5. The lowest BCUT2D eigenvalue weighted by molar-refractivity contribution is -0.140. The minimum atomic E-state index is -4.32. The number of carbonyl (C=O) groups excluding carboxylic acids is 2. The molecule has 3 aromatic carbocycles. The number of para-hydroxylation sites is 1. The number of halogens is 1. The van der Waals surface area contributed by atoms with Gasteiger partial charge in [0, 0.05) is 12.6 Å². The van der Waals surface area contributed by atoms with Crippen molar-refractivity contribution in [1.82, 2.24) is 10.2 Å². The van der Waals surface area contributed by atoms with Gasteiger partial charge in [0.2, 0.25) is 11.8 Å². The number of sulfonamides is 1. The molecule has 0 unspecified atom stereocenters. The van der Waals surface area contributed by atoms with Crippen molar-refractivity contribution in [2.75, 3.05) is 10.8 Å². The zero-order valence-electron chi connectivity index (χ0n) is 22.8. The minimum absolute atomic E-state index is 0.0759. The molecule has 0 radical (unpaired) electrons. The Balaban J connectivity index is 2.07. The second-order valence-corrected chi connectivity index (χ2v) is 11.3. The minimum Gasteiger partial charge on any atom is -0.352 e. The van der Waals surface area contributed by atoms with Crippen molar-refractivity contribution in [2.24, 2.45) is 0 Å². The second kappa shape index (κ2) is 13.4. The zero-order valence-corrected chi connectivity index (χ0v) is 23.6. The first-order valence-corrected chi connectivity index (χ1v) is 14.5. The number of aryl methyl sites for hydroxylation is 1. The predicted molar refractivity (Wildman–Crippen MR) is 151 cm³/mol. The van der Waals surface area contributed by atoms with Crippen LogP contribution in [0.3, 0.4) is 0 Å². The van der Waals surface area contributed by atoms with Gasteiger partial charge in [0.25, 0.3) is 10.0 Å². The molecule has 0 aliphatic rings. The van der Waals surface area contributed by atoms with Gasteiger partial charge < -0.3 is 10.2 Å². The largest absolute Gasteiger partial charge is 0.352 e. The summed E-state index contributed by atoms with van der Waals surface area (Å²) < 4.78 is 43.2. The number of rotatable bonds is 12. The number of nitrogens with one attached hydrogen (secondary N) is 1. The van der Waals surface area contributed by atoms with Gasteiger partial charge in [-0.3, -0.25) is 13.9 Å². The SMILES string of the molecule is CC[C@@H](C)NC(=O)[C@H](CC)N(Cc1ccccc1C)C(=O)CN(c1ccccc1F)S(=O)(=O)c1ccccc1. The molecule has 39 heavy (non-hydrogen) atoms. The molecule has 0 heterocycles. The molecule has 208 valence electrons. The molecule has 3 rings (SSSR count). The third kappa shape index (κ3) is 7.23. The summed E-state index contributed by atoms with van der Waals surface area (Å²) >= 11 is 0. The molecule has 3 aromatic rings. The Labute approximate surface area is 230 Å². The monoisotopic (exact) mass is 553 g/mol. The third-order valence-electron chi connectivity index (χ3n) is 6.72.